The van der Waals surface area contributed by atoms with Crippen LogP contribution in [0.4, 0.5) is 17.5 Å². The van der Waals surface area contributed by atoms with Gasteiger partial charge in [-0.2, -0.15) is 0 Å². The van der Waals surface area contributed by atoms with Gasteiger partial charge in [0.15, 0.2) is 0 Å². The van der Waals surface area contributed by atoms with Crippen LogP contribution >= 0.6 is 0 Å². The van der Waals surface area contributed by atoms with E-state index in [9.17, 15) is 4.79 Å². The Kier molecular flexibility index (Phi) is 4.72. The van der Waals surface area contributed by atoms with E-state index in [4.69, 9.17) is 0 Å². The second-order valence-corrected chi connectivity index (χ2v) is 7.15. The quantitative estimate of drug-likeness (QED) is 0.569. The summed E-state index contributed by atoms with van der Waals surface area (Å²) < 4.78 is 1.92. The highest BCUT2D eigenvalue weighted by molar-refractivity contribution is 6.05. The van der Waals surface area contributed by atoms with Gasteiger partial charge in [0.05, 0.1) is 23.6 Å². The molecule has 1 amide bonds. The Labute approximate surface area is 173 Å². The zero-order valence-electron chi connectivity index (χ0n) is 16.3. The fourth-order valence-corrected chi connectivity index (χ4v) is 3.61. The Morgan fingerprint density at radius 3 is 2.40 bits per heavy atom. The summed E-state index contributed by atoms with van der Waals surface area (Å²) in [6, 6.07) is 13.6. The first kappa shape index (κ1) is 18.1. The van der Waals surface area contributed by atoms with Gasteiger partial charge in [-0.3, -0.25) is 4.79 Å². The zero-order chi connectivity index (χ0) is 20.3. The summed E-state index contributed by atoms with van der Waals surface area (Å²) in [6.45, 7) is 3.36. The average Bonchev–Trinajstić information content (AvgIpc) is 3.25. The van der Waals surface area contributed by atoms with Crippen LogP contribution in [0.25, 0.3) is 5.52 Å². The van der Waals surface area contributed by atoms with Crippen LogP contribution in [0.3, 0.4) is 0 Å². The SMILES string of the molecule is O=C(Nc1cnc(N2CCN(c3ccccn3)CC2)nc1)c1cc2ccccn2c1. The molecule has 4 aromatic heterocycles. The largest absolute Gasteiger partial charge is 0.353 e. The first-order valence-electron chi connectivity index (χ1n) is 9.87. The molecule has 0 aliphatic carbocycles. The third kappa shape index (κ3) is 3.67. The standard InChI is InChI=1S/C22H21N7O/c30-21(17-13-19-5-2-4-8-29(19)16-17)26-18-14-24-22(25-15-18)28-11-9-27(10-12-28)20-6-1-3-7-23-20/h1-8,13-16H,9-12H2,(H,26,30). The maximum absolute atomic E-state index is 12.5. The summed E-state index contributed by atoms with van der Waals surface area (Å²) in [5, 5.41) is 2.87. The molecule has 1 fully saturated rings. The number of aromatic nitrogens is 4. The van der Waals surface area contributed by atoms with Crippen molar-refractivity contribution in [1.82, 2.24) is 19.4 Å². The van der Waals surface area contributed by atoms with Gasteiger partial charge in [-0.15, -0.1) is 0 Å². The summed E-state index contributed by atoms with van der Waals surface area (Å²) in [5.41, 5.74) is 2.14. The molecule has 1 aliphatic heterocycles. The molecule has 5 heterocycles. The van der Waals surface area contributed by atoms with Gasteiger partial charge in [0.1, 0.15) is 5.82 Å². The third-order valence-electron chi connectivity index (χ3n) is 5.20. The minimum atomic E-state index is -0.181. The van der Waals surface area contributed by atoms with Gasteiger partial charge in [0.25, 0.3) is 5.91 Å². The molecule has 0 bridgehead atoms. The molecule has 0 spiro atoms. The van der Waals surface area contributed by atoms with E-state index in [1.807, 2.05) is 59.3 Å². The summed E-state index contributed by atoms with van der Waals surface area (Å²) in [7, 11) is 0. The molecule has 0 atom stereocenters. The highest BCUT2D eigenvalue weighted by atomic mass is 16.1. The van der Waals surface area contributed by atoms with Crippen LogP contribution in [-0.4, -0.2) is 51.4 Å². The molecule has 0 aromatic carbocycles. The first-order valence-corrected chi connectivity index (χ1v) is 9.87. The van der Waals surface area contributed by atoms with Crippen molar-refractivity contribution in [2.24, 2.45) is 0 Å². The number of anilines is 3. The lowest BCUT2D eigenvalue weighted by molar-refractivity contribution is 0.102. The number of amides is 1. The zero-order valence-corrected chi connectivity index (χ0v) is 16.3. The number of piperazine rings is 1. The number of nitrogens with zero attached hydrogens (tertiary/aromatic N) is 6. The van der Waals surface area contributed by atoms with Crippen LogP contribution in [0.15, 0.2) is 73.4 Å². The Morgan fingerprint density at radius 1 is 0.900 bits per heavy atom. The molecule has 0 saturated carbocycles. The second kappa shape index (κ2) is 7.82. The van der Waals surface area contributed by atoms with Crippen LogP contribution in [-0.2, 0) is 0 Å². The topological polar surface area (TPSA) is 78.7 Å². The number of carbonyl (C=O) groups excluding carboxylic acids is 1. The summed E-state index contributed by atoms with van der Waals surface area (Å²) in [5.74, 6) is 1.48. The number of hydrogen-bond acceptors (Lipinski definition) is 6. The van der Waals surface area contributed by atoms with Crippen molar-refractivity contribution in [2.45, 2.75) is 0 Å². The molecular formula is C22H21N7O. The fraction of sp³-hybridized carbons (Fsp3) is 0.182. The highest BCUT2D eigenvalue weighted by Gasteiger charge is 2.20. The normalized spacial score (nSPS) is 14.1. The van der Waals surface area contributed by atoms with Crippen molar-refractivity contribution in [3.63, 3.8) is 0 Å². The van der Waals surface area contributed by atoms with E-state index in [1.165, 1.54) is 0 Å². The number of fused-ring (bicyclic) bond motifs is 1. The van der Waals surface area contributed by atoms with E-state index in [-0.39, 0.29) is 5.91 Å². The van der Waals surface area contributed by atoms with E-state index in [0.717, 1.165) is 37.5 Å². The lowest BCUT2D eigenvalue weighted by Crippen LogP contribution is -2.47. The lowest BCUT2D eigenvalue weighted by atomic mass is 10.3. The van der Waals surface area contributed by atoms with E-state index < -0.39 is 0 Å². The van der Waals surface area contributed by atoms with Crippen molar-refractivity contribution in [2.75, 3.05) is 41.3 Å². The number of nitrogens with one attached hydrogen (secondary N) is 1. The van der Waals surface area contributed by atoms with E-state index >= 15 is 0 Å². The molecule has 150 valence electrons. The average molecular weight is 399 g/mol. The van der Waals surface area contributed by atoms with Gasteiger partial charge in [0.2, 0.25) is 5.95 Å². The third-order valence-corrected chi connectivity index (χ3v) is 5.20. The summed E-state index contributed by atoms with van der Waals surface area (Å²) >= 11 is 0. The molecule has 0 unspecified atom stereocenters. The van der Waals surface area contributed by atoms with Crippen LogP contribution < -0.4 is 15.1 Å². The Hall–Kier alpha value is -3.94. The van der Waals surface area contributed by atoms with Crippen molar-refractivity contribution in [1.29, 1.82) is 0 Å². The van der Waals surface area contributed by atoms with Crippen molar-refractivity contribution in [3.05, 3.63) is 79.0 Å². The molecule has 1 aliphatic rings. The number of rotatable bonds is 4. The van der Waals surface area contributed by atoms with E-state index in [0.29, 0.717) is 17.2 Å². The first-order chi connectivity index (χ1) is 14.8. The van der Waals surface area contributed by atoms with Crippen LogP contribution in [0.1, 0.15) is 10.4 Å². The Morgan fingerprint density at radius 2 is 1.67 bits per heavy atom. The van der Waals surface area contributed by atoms with Gasteiger partial charge in [-0.05, 0) is 30.3 Å². The fourth-order valence-electron chi connectivity index (χ4n) is 3.61. The summed E-state index contributed by atoms with van der Waals surface area (Å²) in [6.07, 6.45) is 8.84. The van der Waals surface area contributed by atoms with Crippen molar-refractivity contribution in [3.8, 4) is 0 Å². The summed E-state index contributed by atoms with van der Waals surface area (Å²) in [4.78, 5) is 30.3. The predicted molar refractivity (Wildman–Crippen MR) is 116 cm³/mol. The molecule has 0 radical (unpaired) electrons. The molecule has 1 saturated heterocycles. The van der Waals surface area contributed by atoms with Crippen LogP contribution in [0.2, 0.25) is 0 Å². The molecular weight excluding hydrogens is 378 g/mol. The number of pyridine rings is 2. The molecule has 4 aromatic rings. The second-order valence-electron chi connectivity index (χ2n) is 7.15. The van der Waals surface area contributed by atoms with Crippen molar-refractivity contribution >= 4 is 28.9 Å². The van der Waals surface area contributed by atoms with Crippen LogP contribution in [0, 0.1) is 0 Å². The van der Waals surface area contributed by atoms with Crippen LogP contribution in [0.5, 0.6) is 0 Å². The molecule has 8 nitrogen and oxygen atoms in total. The number of hydrogen-bond donors (Lipinski definition) is 1. The molecule has 8 heteroatoms. The maximum Gasteiger partial charge on any atom is 0.257 e. The maximum atomic E-state index is 12.5. The monoisotopic (exact) mass is 399 g/mol. The Bertz CT molecular complexity index is 1120. The van der Waals surface area contributed by atoms with Gasteiger partial charge in [-0.1, -0.05) is 12.1 Å². The van der Waals surface area contributed by atoms with E-state index in [1.54, 1.807) is 18.6 Å². The van der Waals surface area contributed by atoms with E-state index in [2.05, 4.69) is 30.1 Å². The van der Waals surface area contributed by atoms with Gasteiger partial charge < -0.3 is 19.5 Å². The van der Waals surface area contributed by atoms with Crippen molar-refractivity contribution < 1.29 is 4.79 Å². The molecule has 1 N–H and O–H groups in total. The van der Waals surface area contributed by atoms with Gasteiger partial charge in [-0.25, -0.2) is 15.0 Å². The minimum absolute atomic E-state index is 0.181. The number of carbonyl (C=O) groups is 1. The lowest BCUT2D eigenvalue weighted by Gasteiger charge is -2.35. The predicted octanol–water partition coefficient (Wildman–Crippen LogP) is 2.70. The van der Waals surface area contributed by atoms with Gasteiger partial charge in [0, 0.05) is 50.3 Å². The molecule has 5 rings (SSSR count). The highest BCUT2D eigenvalue weighted by Crippen LogP contribution is 2.17. The smallest absolute Gasteiger partial charge is 0.257 e. The van der Waals surface area contributed by atoms with Gasteiger partial charge >= 0.3 is 0 Å². The Balaban J connectivity index is 1.21. The molecule has 30 heavy (non-hydrogen) atoms. The minimum Gasteiger partial charge on any atom is -0.353 e.